The molecule has 1 N–H and O–H groups in total. The number of benzene rings is 1. The van der Waals surface area contributed by atoms with Crippen LogP contribution in [0.1, 0.15) is 10.4 Å². The van der Waals surface area contributed by atoms with Gasteiger partial charge in [0.2, 0.25) is 5.91 Å². The lowest BCUT2D eigenvalue weighted by Gasteiger charge is -2.19. The second kappa shape index (κ2) is 8.54. The van der Waals surface area contributed by atoms with Gasteiger partial charge in [-0.05, 0) is 18.2 Å². The van der Waals surface area contributed by atoms with Crippen LogP contribution in [-0.2, 0) is 4.79 Å². The monoisotopic (exact) mass is 325 g/mol. The highest BCUT2D eigenvalue weighted by Gasteiger charge is 2.13. The molecule has 0 aliphatic rings. The minimum atomic E-state index is -1.09. The summed E-state index contributed by atoms with van der Waals surface area (Å²) in [5.41, 5.74) is 0.0307. The number of thioether (sulfide) groups is 1. The molecule has 1 aromatic carbocycles. The van der Waals surface area contributed by atoms with Gasteiger partial charge in [-0.1, -0.05) is 23.8 Å². The average molecular weight is 326 g/mol. The van der Waals surface area contributed by atoms with E-state index in [-0.39, 0.29) is 22.2 Å². The zero-order chi connectivity index (χ0) is 15.8. The molecule has 0 saturated carbocycles. The van der Waals surface area contributed by atoms with Crippen molar-refractivity contribution < 1.29 is 14.7 Å². The van der Waals surface area contributed by atoms with Crippen LogP contribution < -0.4 is 0 Å². The molecule has 0 atom stereocenters. The fourth-order valence-electron chi connectivity index (χ4n) is 1.58. The number of aromatic carboxylic acids is 1. The van der Waals surface area contributed by atoms with Gasteiger partial charge in [0, 0.05) is 18.0 Å². The van der Waals surface area contributed by atoms with Crippen molar-refractivity contribution in [2.45, 2.75) is 4.90 Å². The summed E-state index contributed by atoms with van der Waals surface area (Å²) in [5.74, 6) is -0.942. The van der Waals surface area contributed by atoms with Gasteiger partial charge in [-0.25, -0.2) is 4.79 Å². The van der Waals surface area contributed by atoms with Gasteiger partial charge in [-0.3, -0.25) is 4.79 Å². The fraction of sp³-hybridized carbons (Fsp3) is 0.200. The Morgan fingerprint density at radius 3 is 2.43 bits per heavy atom. The van der Waals surface area contributed by atoms with E-state index in [9.17, 15) is 9.59 Å². The first kappa shape index (κ1) is 17.3. The maximum Gasteiger partial charge on any atom is 0.337 e. The predicted molar refractivity (Wildman–Crippen MR) is 86.1 cm³/mol. The predicted octanol–water partition coefficient (Wildman–Crippen LogP) is 3.33. The molecule has 0 spiro atoms. The normalized spacial score (nSPS) is 9.95. The Bertz CT molecular complexity index is 550. The van der Waals surface area contributed by atoms with Crippen LogP contribution in [-0.4, -0.2) is 40.7 Å². The number of carboxylic acids is 1. The highest BCUT2D eigenvalue weighted by atomic mass is 35.5. The van der Waals surface area contributed by atoms with Crippen LogP contribution >= 0.6 is 23.4 Å². The fourth-order valence-corrected chi connectivity index (χ4v) is 2.62. The third kappa shape index (κ3) is 5.28. The molecule has 0 unspecified atom stereocenters. The zero-order valence-corrected chi connectivity index (χ0v) is 13.0. The molecule has 1 amide bonds. The van der Waals surface area contributed by atoms with E-state index in [1.807, 2.05) is 0 Å². The molecular formula is C15H16ClNO3S. The molecule has 112 valence electrons. The Kier molecular flexibility index (Phi) is 7.05. The van der Waals surface area contributed by atoms with Crippen LogP contribution in [0.2, 0.25) is 5.02 Å². The number of carbonyl (C=O) groups excluding carboxylic acids is 1. The van der Waals surface area contributed by atoms with E-state index in [4.69, 9.17) is 16.7 Å². The standard InChI is InChI=1S/C15H16ClNO3S/c1-3-7-17(8-4-2)14(18)10-21-11-5-6-13(16)12(9-11)15(19)20/h3-6,9H,1-2,7-8,10H2,(H,19,20). The van der Waals surface area contributed by atoms with E-state index in [1.165, 1.54) is 23.9 Å². The molecular weight excluding hydrogens is 310 g/mol. The van der Waals surface area contributed by atoms with Crippen molar-refractivity contribution in [2.75, 3.05) is 18.8 Å². The van der Waals surface area contributed by atoms with Gasteiger partial charge < -0.3 is 10.0 Å². The molecule has 4 nitrogen and oxygen atoms in total. The highest BCUT2D eigenvalue weighted by molar-refractivity contribution is 8.00. The Morgan fingerprint density at radius 1 is 1.29 bits per heavy atom. The Labute approximate surface area is 133 Å². The van der Waals surface area contributed by atoms with Gasteiger partial charge in [-0.2, -0.15) is 0 Å². The van der Waals surface area contributed by atoms with E-state index < -0.39 is 5.97 Å². The van der Waals surface area contributed by atoms with E-state index in [1.54, 1.807) is 23.1 Å². The number of hydrogen-bond donors (Lipinski definition) is 1. The first-order chi connectivity index (χ1) is 9.99. The summed E-state index contributed by atoms with van der Waals surface area (Å²) in [7, 11) is 0. The van der Waals surface area contributed by atoms with Crippen LogP contribution in [0.3, 0.4) is 0 Å². The quantitative estimate of drug-likeness (QED) is 0.588. The van der Waals surface area contributed by atoms with Gasteiger partial charge in [0.05, 0.1) is 16.3 Å². The maximum absolute atomic E-state index is 12.0. The largest absolute Gasteiger partial charge is 0.478 e. The average Bonchev–Trinajstić information content (AvgIpc) is 2.45. The number of hydrogen-bond acceptors (Lipinski definition) is 3. The van der Waals surface area contributed by atoms with Crippen LogP contribution in [0, 0.1) is 0 Å². The lowest BCUT2D eigenvalue weighted by Crippen LogP contribution is -2.32. The highest BCUT2D eigenvalue weighted by Crippen LogP contribution is 2.24. The minimum Gasteiger partial charge on any atom is -0.478 e. The molecule has 0 aromatic heterocycles. The van der Waals surface area contributed by atoms with Crippen molar-refractivity contribution in [2.24, 2.45) is 0 Å². The van der Waals surface area contributed by atoms with Gasteiger partial charge in [0.1, 0.15) is 0 Å². The number of rotatable bonds is 8. The Hall–Kier alpha value is -1.72. The molecule has 21 heavy (non-hydrogen) atoms. The molecule has 0 heterocycles. The molecule has 0 aliphatic carbocycles. The summed E-state index contributed by atoms with van der Waals surface area (Å²) in [6.45, 7) is 8.12. The maximum atomic E-state index is 12.0. The van der Waals surface area contributed by atoms with E-state index in [0.717, 1.165) is 0 Å². The summed E-state index contributed by atoms with van der Waals surface area (Å²) >= 11 is 7.07. The molecule has 1 rings (SSSR count). The molecule has 0 fully saturated rings. The van der Waals surface area contributed by atoms with Crippen LogP contribution in [0.15, 0.2) is 48.4 Å². The second-order valence-electron chi connectivity index (χ2n) is 4.11. The molecule has 0 aliphatic heterocycles. The van der Waals surface area contributed by atoms with Crippen LogP contribution in [0.4, 0.5) is 0 Å². The number of halogens is 1. The number of carbonyl (C=O) groups is 2. The number of nitrogens with zero attached hydrogens (tertiary/aromatic N) is 1. The Balaban J connectivity index is 2.72. The smallest absolute Gasteiger partial charge is 0.337 e. The summed E-state index contributed by atoms with van der Waals surface area (Å²) in [6.07, 6.45) is 3.30. The first-order valence-corrected chi connectivity index (χ1v) is 7.51. The van der Waals surface area contributed by atoms with Crippen molar-refractivity contribution in [1.29, 1.82) is 0 Å². The molecule has 1 aromatic rings. The van der Waals surface area contributed by atoms with Gasteiger partial charge in [0.15, 0.2) is 0 Å². The third-order valence-corrected chi connectivity index (χ3v) is 3.89. The van der Waals surface area contributed by atoms with Gasteiger partial charge in [-0.15, -0.1) is 24.9 Å². The third-order valence-electron chi connectivity index (χ3n) is 2.58. The first-order valence-electron chi connectivity index (χ1n) is 6.14. The number of carboxylic acid groups (broad SMARTS) is 1. The summed E-state index contributed by atoms with van der Waals surface area (Å²) in [5, 5.41) is 9.18. The minimum absolute atomic E-state index is 0.0307. The second-order valence-corrected chi connectivity index (χ2v) is 5.57. The van der Waals surface area contributed by atoms with Crippen molar-refractivity contribution in [3.63, 3.8) is 0 Å². The molecule has 0 radical (unpaired) electrons. The Morgan fingerprint density at radius 2 is 1.90 bits per heavy atom. The lowest BCUT2D eigenvalue weighted by molar-refractivity contribution is -0.127. The SMILES string of the molecule is C=CCN(CC=C)C(=O)CSc1ccc(Cl)c(C(=O)O)c1. The molecule has 0 bridgehead atoms. The van der Waals surface area contributed by atoms with Crippen molar-refractivity contribution in [3.05, 3.63) is 54.1 Å². The van der Waals surface area contributed by atoms with Crippen LogP contribution in [0.5, 0.6) is 0 Å². The summed E-state index contributed by atoms with van der Waals surface area (Å²) < 4.78 is 0. The van der Waals surface area contributed by atoms with Gasteiger partial charge in [0.25, 0.3) is 0 Å². The summed E-state index contributed by atoms with van der Waals surface area (Å²) in [4.78, 5) is 25.3. The van der Waals surface area contributed by atoms with Crippen molar-refractivity contribution >= 4 is 35.2 Å². The lowest BCUT2D eigenvalue weighted by atomic mass is 10.2. The molecule has 0 saturated heterocycles. The zero-order valence-electron chi connectivity index (χ0n) is 11.4. The summed E-state index contributed by atoms with van der Waals surface area (Å²) in [6, 6.07) is 4.68. The van der Waals surface area contributed by atoms with Gasteiger partial charge >= 0.3 is 5.97 Å². The van der Waals surface area contributed by atoms with Crippen molar-refractivity contribution in [1.82, 2.24) is 4.90 Å². The van der Waals surface area contributed by atoms with E-state index in [0.29, 0.717) is 18.0 Å². The number of amides is 1. The van der Waals surface area contributed by atoms with E-state index in [2.05, 4.69) is 13.2 Å². The van der Waals surface area contributed by atoms with Crippen LogP contribution in [0.25, 0.3) is 0 Å². The van der Waals surface area contributed by atoms with Crippen molar-refractivity contribution in [3.8, 4) is 0 Å². The molecule has 6 heteroatoms. The van der Waals surface area contributed by atoms with E-state index >= 15 is 0 Å². The topological polar surface area (TPSA) is 57.6 Å².